The molecular weight excluding hydrogens is 506 g/mol. The molecule has 0 aliphatic carbocycles. The van der Waals surface area contributed by atoms with Gasteiger partial charge in [0.25, 0.3) is 0 Å². The van der Waals surface area contributed by atoms with Gasteiger partial charge in [-0.05, 0) is 73.6 Å². The average Bonchev–Trinajstić information content (AvgIpc) is 3.30. The molecule has 0 aliphatic heterocycles. The zero-order chi connectivity index (χ0) is 27.3. The van der Waals surface area contributed by atoms with Crippen LogP contribution >= 0.6 is 11.6 Å². The zero-order valence-electron chi connectivity index (χ0n) is 22.6. The molecule has 4 rings (SSSR count). The second-order valence-corrected chi connectivity index (χ2v) is 10.2. The maximum absolute atomic E-state index is 12.2. The van der Waals surface area contributed by atoms with E-state index in [0.29, 0.717) is 24.6 Å². The number of hydrogen-bond donors (Lipinski definition) is 1. The standard InChI is InChI=1S/C33H38ClN3O2/c1-2-12-27-13-5-8-16-31(27)39-24-11-10-23-37-30-15-7-6-14-29(30)36-32(37)17-4-3-9-22-35-33(38)25-26-18-20-28(34)21-19-26/h2,5-8,13-16,18-21H,1,3-4,9-12,17,22-25H2,(H,35,38). The van der Waals surface area contributed by atoms with Crippen molar-refractivity contribution in [2.75, 3.05) is 13.2 Å². The van der Waals surface area contributed by atoms with Gasteiger partial charge >= 0.3 is 0 Å². The van der Waals surface area contributed by atoms with Gasteiger partial charge < -0.3 is 14.6 Å². The third kappa shape index (κ3) is 8.72. The van der Waals surface area contributed by atoms with Crippen LogP contribution in [0.4, 0.5) is 0 Å². The normalized spacial score (nSPS) is 11.0. The summed E-state index contributed by atoms with van der Waals surface area (Å²) in [6, 6.07) is 24.0. The van der Waals surface area contributed by atoms with Crippen LogP contribution in [0.15, 0.2) is 85.5 Å². The van der Waals surface area contributed by atoms with Crippen LogP contribution in [0, 0.1) is 0 Å². The molecule has 0 saturated carbocycles. The van der Waals surface area contributed by atoms with E-state index in [0.717, 1.165) is 74.1 Å². The van der Waals surface area contributed by atoms with Crippen LogP contribution in [-0.2, 0) is 30.6 Å². The Kier molecular flexibility index (Phi) is 11.0. The van der Waals surface area contributed by atoms with Gasteiger partial charge in [-0.3, -0.25) is 4.79 Å². The Morgan fingerprint density at radius 3 is 2.59 bits per heavy atom. The predicted octanol–water partition coefficient (Wildman–Crippen LogP) is 7.35. The fourth-order valence-corrected chi connectivity index (χ4v) is 4.88. The quantitative estimate of drug-likeness (QED) is 0.119. The highest BCUT2D eigenvalue weighted by atomic mass is 35.5. The van der Waals surface area contributed by atoms with Crippen LogP contribution < -0.4 is 10.1 Å². The summed E-state index contributed by atoms with van der Waals surface area (Å²) < 4.78 is 8.45. The van der Waals surface area contributed by atoms with Crippen LogP contribution in [0.2, 0.25) is 5.02 Å². The smallest absolute Gasteiger partial charge is 0.224 e. The monoisotopic (exact) mass is 543 g/mol. The number of carbonyl (C=O) groups excluding carboxylic acids is 1. The molecule has 0 radical (unpaired) electrons. The lowest BCUT2D eigenvalue weighted by Gasteiger charge is -2.12. The predicted molar refractivity (Wildman–Crippen MR) is 161 cm³/mol. The molecule has 39 heavy (non-hydrogen) atoms. The van der Waals surface area contributed by atoms with Crippen LogP contribution in [0.3, 0.4) is 0 Å². The van der Waals surface area contributed by atoms with E-state index < -0.39 is 0 Å². The topological polar surface area (TPSA) is 56.1 Å². The first kappa shape index (κ1) is 28.4. The number of aromatic nitrogens is 2. The van der Waals surface area contributed by atoms with Crippen molar-refractivity contribution in [3.8, 4) is 5.75 Å². The third-order valence-corrected chi connectivity index (χ3v) is 7.03. The van der Waals surface area contributed by atoms with Gasteiger partial charge in [0.2, 0.25) is 5.91 Å². The fraction of sp³-hybridized carbons (Fsp3) is 0.333. The van der Waals surface area contributed by atoms with Crippen LogP contribution in [-0.4, -0.2) is 28.6 Å². The van der Waals surface area contributed by atoms with Gasteiger partial charge in [-0.15, -0.1) is 6.58 Å². The van der Waals surface area contributed by atoms with Gasteiger partial charge in [0.05, 0.1) is 24.1 Å². The second-order valence-electron chi connectivity index (χ2n) is 9.79. The van der Waals surface area contributed by atoms with Gasteiger partial charge in [0.1, 0.15) is 11.6 Å². The van der Waals surface area contributed by atoms with Crippen LogP contribution in [0.25, 0.3) is 11.0 Å². The average molecular weight is 544 g/mol. The second kappa shape index (κ2) is 15.1. The Bertz CT molecular complexity index is 1350. The number of aryl methyl sites for hydroxylation is 2. The van der Waals surface area contributed by atoms with Crippen LogP contribution in [0.5, 0.6) is 5.75 Å². The number of amides is 1. The highest BCUT2D eigenvalue weighted by Crippen LogP contribution is 2.21. The lowest BCUT2D eigenvalue weighted by Crippen LogP contribution is -2.26. The van der Waals surface area contributed by atoms with Gasteiger partial charge in [0.15, 0.2) is 0 Å². The van der Waals surface area contributed by atoms with E-state index in [-0.39, 0.29) is 5.91 Å². The van der Waals surface area contributed by atoms with Gasteiger partial charge in [0, 0.05) is 24.5 Å². The van der Waals surface area contributed by atoms with Crippen molar-refractivity contribution >= 4 is 28.5 Å². The van der Waals surface area contributed by atoms with E-state index in [1.165, 1.54) is 11.1 Å². The minimum Gasteiger partial charge on any atom is -0.493 e. The van der Waals surface area contributed by atoms with E-state index >= 15 is 0 Å². The molecule has 1 N–H and O–H groups in total. The van der Waals surface area contributed by atoms with Gasteiger partial charge in [-0.1, -0.05) is 66.6 Å². The molecule has 5 nitrogen and oxygen atoms in total. The molecule has 3 aromatic carbocycles. The minimum absolute atomic E-state index is 0.0484. The number of allylic oxidation sites excluding steroid dienone is 1. The Hall–Kier alpha value is -3.57. The summed E-state index contributed by atoms with van der Waals surface area (Å²) in [5.74, 6) is 2.14. The molecule has 1 amide bonds. The van der Waals surface area contributed by atoms with Crippen molar-refractivity contribution < 1.29 is 9.53 Å². The maximum Gasteiger partial charge on any atom is 0.224 e. The lowest BCUT2D eigenvalue weighted by atomic mass is 10.1. The molecule has 0 spiro atoms. The molecule has 4 aromatic rings. The third-order valence-electron chi connectivity index (χ3n) is 6.78. The van der Waals surface area contributed by atoms with Gasteiger partial charge in [-0.2, -0.15) is 0 Å². The van der Waals surface area contributed by atoms with E-state index in [1.807, 2.05) is 54.6 Å². The summed E-state index contributed by atoms with van der Waals surface area (Å²) in [5, 5.41) is 3.71. The Morgan fingerprint density at radius 1 is 0.949 bits per heavy atom. The maximum atomic E-state index is 12.2. The number of nitrogens with zero attached hydrogens (tertiary/aromatic N) is 2. The summed E-state index contributed by atoms with van der Waals surface area (Å²) in [6.45, 7) is 6.16. The van der Waals surface area contributed by atoms with E-state index in [4.69, 9.17) is 21.3 Å². The molecule has 0 unspecified atom stereocenters. The van der Waals surface area contributed by atoms with E-state index in [9.17, 15) is 4.79 Å². The Morgan fingerprint density at radius 2 is 1.74 bits per heavy atom. The number of benzene rings is 3. The molecule has 0 saturated heterocycles. The van der Waals surface area contributed by atoms with E-state index in [1.54, 1.807) is 0 Å². The van der Waals surface area contributed by atoms with Gasteiger partial charge in [-0.25, -0.2) is 4.98 Å². The van der Waals surface area contributed by atoms with Crippen molar-refractivity contribution in [2.24, 2.45) is 0 Å². The summed E-state index contributed by atoms with van der Waals surface area (Å²) in [4.78, 5) is 17.1. The number of rotatable bonds is 16. The molecule has 0 fully saturated rings. The fourth-order valence-electron chi connectivity index (χ4n) is 4.75. The number of hydrogen-bond acceptors (Lipinski definition) is 3. The number of nitrogens with one attached hydrogen (secondary N) is 1. The first-order valence-corrected chi connectivity index (χ1v) is 14.3. The van der Waals surface area contributed by atoms with E-state index in [2.05, 4.69) is 40.7 Å². The Labute approximate surface area is 236 Å². The summed E-state index contributed by atoms with van der Waals surface area (Å²) >= 11 is 5.92. The van der Waals surface area contributed by atoms with Crippen molar-refractivity contribution in [1.82, 2.24) is 14.9 Å². The first-order valence-electron chi connectivity index (χ1n) is 13.9. The molecule has 204 valence electrons. The number of carbonyl (C=O) groups is 1. The number of unbranched alkanes of at least 4 members (excludes halogenated alkanes) is 3. The molecule has 1 aromatic heterocycles. The summed E-state index contributed by atoms with van der Waals surface area (Å²) in [6.07, 6.45) is 9.08. The number of ether oxygens (including phenoxy) is 1. The SMILES string of the molecule is C=CCc1ccccc1OCCCCn1c(CCCCCNC(=O)Cc2ccc(Cl)cc2)nc2ccccc21. The molecular formula is C33H38ClN3O2. The van der Waals surface area contributed by atoms with Crippen molar-refractivity contribution in [2.45, 2.75) is 57.9 Å². The number of imidazole rings is 1. The van der Waals surface area contributed by atoms with Crippen LogP contribution in [0.1, 0.15) is 49.1 Å². The Balaban J connectivity index is 1.20. The largest absolute Gasteiger partial charge is 0.493 e. The number of halogens is 1. The zero-order valence-corrected chi connectivity index (χ0v) is 23.3. The molecule has 6 heteroatoms. The lowest BCUT2D eigenvalue weighted by molar-refractivity contribution is -0.120. The summed E-state index contributed by atoms with van der Waals surface area (Å²) in [5.41, 5.74) is 4.40. The van der Waals surface area contributed by atoms with Crippen molar-refractivity contribution in [1.29, 1.82) is 0 Å². The highest BCUT2D eigenvalue weighted by Gasteiger charge is 2.10. The molecule has 1 heterocycles. The molecule has 0 aliphatic rings. The minimum atomic E-state index is 0.0484. The molecule has 0 atom stereocenters. The number of para-hydroxylation sites is 3. The number of fused-ring (bicyclic) bond motifs is 1. The summed E-state index contributed by atoms with van der Waals surface area (Å²) in [7, 11) is 0. The first-order chi connectivity index (χ1) is 19.1. The van der Waals surface area contributed by atoms with Crippen molar-refractivity contribution in [3.05, 3.63) is 107 Å². The molecule has 0 bridgehead atoms. The highest BCUT2D eigenvalue weighted by molar-refractivity contribution is 6.30. The van der Waals surface area contributed by atoms with Crippen molar-refractivity contribution in [3.63, 3.8) is 0 Å².